The van der Waals surface area contributed by atoms with Crippen LogP contribution < -0.4 is 0 Å². The van der Waals surface area contributed by atoms with Gasteiger partial charge in [0.15, 0.2) is 0 Å². The molecule has 3 rings (SSSR count). The Morgan fingerprint density at radius 2 is 1.86 bits per heavy atom. The van der Waals surface area contributed by atoms with Crippen LogP contribution in [0.1, 0.15) is 52.9 Å². The van der Waals surface area contributed by atoms with Gasteiger partial charge < -0.3 is 14.6 Å². The van der Waals surface area contributed by atoms with Crippen LogP contribution in [-0.4, -0.2) is 43.2 Å². The van der Waals surface area contributed by atoms with Crippen LogP contribution in [0.15, 0.2) is 11.6 Å². The number of carbonyl (C=O) groups excluding carboxylic acids is 3. The summed E-state index contributed by atoms with van der Waals surface area (Å²) >= 11 is 0. The van der Waals surface area contributed by atoms with Crippen LogP contribution in [0.5, 0.6) is 0 Å². The van der Waals surface area contributed by atoms with Crippen molar-refractivity contribution in [2.45, 2.75) is 59.0 Å². The summed E-state index contributed by atoms with van der Waals surface area (Å²) in [6.07, 6.45) is 3.83. The average molecular weight is 392 g/mol. The number of Topliss-reactive ketones (excluding diaryl/α,β-unsaturated/α-hetero) is 1. The molecule has 1 N–H and O–H groups in total. The lowest BCUT2D eigenvalue weighted by atomic mass is 9.42. The molecule has 0 spiro atoms. The zero-order chi connectivity index (χ0) is 20.9. The predicted octanol–water partition coefficient (Wildman–Crippen LogP) is 2.68. The van der Waals surface area contributed by atoms with Gasteiger partial charge in [-0.2, -0.15) is 0 Å². The van der Waals surface area contributed by atoms with E-state index in [9.17, 15) is 19.5 Å². The molecule has 0 amide bonds. The summed E-state index contributed by atoms with van der Waals surface area (Å²) in [5, 5.41) is 10.7. The molecule has 156 valence electrons. The molecular weight excluding hydrogens is 360 g/mol. The number of rotatable bonds is 2. The van der Waals surface area contributed by atoms with Crippen molar-refractivity contribution in [2.24, 2.45) is 34.5 Å². The number of methoxy groups -OCH3 is 2. The highest BCUT2D eigenvalue weighted by Crippen LogP contribution is 2.64. The predicted molar refractivity (Wildman–Crippen MR) is 102 cm³/mol. The summed E-state index contributed by atoms with van der Waals surface area (Å²) in [5.74, 6) is -1.01. The summed E-state index contributed by atoms with van der Waals surface area (Å²) in [5.41, 5.74) is -0.338. The van der Waals surface area contributed by atoms with Crippen molar-refractivity contribution < 1.29 is 29.0 Å². The molecule has 0 aromatic heterocycles. The number of fused-ring (bicyclic) bond motifs is 3. The topological polar surface area (TPSA) is 89.9 Å². The third-order valence-electron chi connectivity index (χ3n) is 8.22. The van der Waals surface area contributed by atoms with Crippen molar-refractivity contribution in [3.63, 3.8) is 0 Å². The number of ketones is 1. The van der Waals surface area contributed by atoms with Crippen LogP contribution in [0, 0.1) is 34.5 Å². The molecule has 28 heavy (non-hydrogen) atoms. The number of hydrogen-bond acceptors (Lipinski definition) is 6. The number of carbonyl (C=O) groups is 3. The van der Waals surface area contributed by atoms with Crippen molar-refractivity contribution in [1.82, 2.24) is 0 Å². The van der Waals surface area contributed by atoms with Crippen LogP contribution >= 0.6 is 0 Å². The largest absolute Gasteiger partial charge is 0.469 e. The Hall–Kier alpha value is -1.69. The number of hydrogen-bond donors (Lipinski definition) is 1. The van der Waals surface area contributed by atoms with Crippen LogP contribution in [0.2, 0.25) is 0 Å². The molecule has 3 fully saturated rings. The van der Waals surface area contributed by atoms with Gasteiger partial charge in [0, 0.05) is 18.4 Å². The maximum Gasteiger partial charge on any atom is 0.330 e. The van der Waals surface area contributed by atoms with Crippen LogP contribution in [-0.2, 0) is 23.9 Å². The Kier molecular flexibility index (Phi) is 5.47. The van der Waals surface area contributed by atoms with Gasteiger partial charge in [-0.25, -0.2) is 4.79 Å². The molecule has 6 heteroatoms. The second-order valence-corrected chi connectivity index (χ2v) is 9.26. The number of allylic oxidation sites excluding steroid dienone is 1. The van der Waals surface area contributed by atoms with Gasteiger partial charge in [0.2, 0.25) is 0 Å². The van der Waals surface area contributed by atoms with E-state index in [0.717, 1.165) is 24.8 Å². The zero-order valence-corrected chi connectivity index (χ0v) is 17.5. The van der Waals surface area contributed by atoms with E-state index >= 15 is 0 Å². The van der Waals surface area contributed by atoms with Crippen molar-refractivity contribution >= 4 is 17.7 Å². The average Bonchev–Trinajstić information content (AvgIpc) is 2.68. The number of esters is 2. The van der Waals surface area contributed by atoms with E-state index in [1.165, 1.54) is 20.3 Å². The first-order valence-electron chi connectivity index (χ1n) is 10.2. The zero-order valence-electron chi connectivity index (χ0n) is 17.5. The van der Waals surface area contributed by atoms with E-state index in [1.807, 2.05) is 6.92 Å². The first kappa shape index (κ1) is 21.0. The standard InChI is InChI=1S/C22H32O6/c1-12-13(10-18(25)27-4)6-7-14-19(12)15(23)11-16-21(14,2)9-8-17(24)22(16,3)20(26)28-5/h10,12,14,16-17,19,24H,6-9,11H2,1-5H3. The molecule has 7 atom stereocenters. The van der Waals surface area contributed by atoms with Gasteiger partial charge >= 0.3 is 11.9 Å². The summed E-state index contributed by atoms with van der Waals surface area (Å²) < 4.78 is 9.82. The van der Waals surface area contributed by atoms with E-state index in [2.05, 4.69) is 6.92 Å². The van der Waals surface area contributed by atoms with Crippen molar-refractivity contribution in [3.05, 3.63) is 11.6 Å². The molecule has 0 saturated heterocycles. The maximum absolute atomic E-state index is 13.3. The molecule has 3 aliphatic rings. The minimum atomic E-state index is -1.08. The second kappa shape index (κ2) is 7.29. The lowest BCUT2D eigenvalue weighted by Crippen LogP contribution is -2.63. The first-order chi connectivity index (χ1) is 13.1. The first-order valence-corrected chi connectivity index (χ1v) is 10.2. The molecule has 0 aliphatic heterocycles. The molecule has 0 aromatic rings. The minimum absolute atomic E-state index is 0.0284. The van der Waals surface area contributed by atoms with E-state index < -0.39 is 17.5 Å². The van der Waals surface area contributed by atoms with Crippen LogP contribution in [0.25, 0.3) is 0 Å². The lowest BCUT2D eigenvalue weighted by molar-refractivity contribution is -0.197. The van der Waals surface area contributed by atoms with Crippen molar-refractivity contribution in [2.75, 3.05) is 14.2 Å². The molecule has 0 radical (unpaired) electrons. The van der Waals surface area contributed by atoms with Gasteiger partial charge in [0.05, 0.1) is 25.7 Å². The SMILES string of the molecule is COC(=O)C=C1CCC2C(C(=O)CC3C2(C)CCC(O)C3(C)C(=O)OC)C1C. The van der Waals surface area contributed by atoms with Crippen molar-refractivity contribution in [1.29, 1.82) is 0 Å². The highest BCUT2D eigenvalue weighted by atomic mass is 16.5. The van der Waals surface area contributed by atoms with E-state index in [-0.39, 0.29) is 47.3 Å². The Morgan fingerprint density at radius 1 is 1.18 bits per heavy atom. The third-order valence-corrected chi connectivity index (χ3v) is 8.22. The molecule has 0 heterocycles. The fourth-order valence-electron chi connectivity index (χ4n) is 6.53. The Labute approximate surface area is 166 Å². The van der Waals surface area contributed by atoms with E-state index in [4.69, 9.17) is 9.47 Å². The normalized spacial score (nSPS) is 44.4. The highest BCUT2D eigenvalue weighted by Gasteiger charge is 2.65. The lowest BCUT2D eigenvalue weighted by Gasteiger charge is -2.61. The minimum Gasteiger partial charge on any atom is -0.469 e. The maximum atomic E-state index is 13.3. The Morgan fingerprint density at radius 3 is 2.46 bits per heavy atom. The summed E-state index contributed by atoms with van der Waals surface area (Å²) in [6, 6.07) is 0. The molecule has 6 nitrogen and oxygen atoms in total. The van der Waals surface area contributed by atoms with E-state index in [1.54, 1.807) is 6.92 Å². The summed E-state index contributed by atoms with van der Waals surface area (Å²) in [4.78, 5) is 37.7. The second-order valence-electron chi connectivity index (χ2n) is 9.26. The molecule has 3 aliphatic carbocycles. The number of aliphatic hydroxyl groups is 1. The smallest absolute Gasteiger partial charge is 0.330 e. The Balaban J connectivity index is 1.99. The van der Waals surface area contributed by atoms with Gasteiger partial charge in [0.1, 0.15) is 5.78 Å². The Bertz CT molecular complexity index is 712. The monoisotopic (exact) mass is 392 g/mol. The van der Waals surface area contributed by atoms with Crippen LogP contribution in [0.3, 0.4) is 0 Å². The number of aliphatic hydroxyl groups excluding tert-OH is 1. The highest BCUT2D eigenvalue weighted by molar-refractivity contribution is 5.87. The summed E-state index contributed by atoms with van der Waals surface area (Å²) in [7, 11) is 2.69. The van der Waals surface area contributed by atoms with Crippen LogP contribution in [0.4, 0.5) is 0 Å². The third kappa shape index (κ3) is 2.92. The fraction of sp³-hybridized carbons (Fsp3) is 0.773. The molecule has 0 aromatic carbocycles. The molecule has 3 saturated carbocycles. The molecule has 7 unspecified atom stereocenters. The molecular formula is C22H32O6. The van der Waals surface area contributed by atoms with Gasteiger partial charge in [-0.05, 0) is 55.8 Å². The fourth-order valence-corrected chi connectivity index (χ4v) is 6.53. The molecule has 0 bridgehead atoms. The summed E-state index contributed by atoms with van der Waals surface area (Å²) in [6.45, 7) is 5.95. The number of ether oxygens (including phenoxy) is 2. The quantitative estimate of drug-likeness (QED) is 0.574. The van der Waals surface area contributed by atoms with Gasteiger partial charge in [0.25, 0.3) is 0 Å². The van der Waals surface area contributed by atoms with E-state index in [0.29, 0.717) is 6.42 Å². The van der Waals surface area contributed by atoms with Gasteiger partial charge in [-0.15, -0.1) is 0 Å². The van der Waals surface area contributed by atoms with Crippen molar-refractivity contribution in [3.8, 4) is 0 Å². The van der Waals surface area contributed by atoms with Gasteiger partial charge in [-0.3, -0.25) is 9.59 Å². The van der Waals surface area contributed by atoms with Gasteiger partial charge in [-0.1, -0.05) is 19.4 Å².